The van der Waals surface area contributed by atoms with E-state index in [2.05, 4.69) is 15.5 Å². The number of aromatic nitrogens is 2. The molecule has 2 aromatic rings. The zero-order valence-corrected chi connectivity index (χ0v) is 12.2. The first-order valence-corrected chi connectivity index (χ1v) is 7.20. The minimum Gasteiger partial charge on any atom is -0.330 e. The van der Waals surface area contributed by atoms with E-state index in [1.54, 1.807) is 12.1 Å². The summed E-state index contributed by atoms with van der Waals surface area (Å²) in [5, 5.41) is 9.39. The van der Waals surface area contributed by atoms with Gasteiger partial charge in [-0.25, -0.2) is 4.39 Å². The van der Waals surface area contributed by atoms with Crippen molar-refractivity contribution in [3.05, 3.63) is 47.4 Å². The number of nitrogens with two attached hydrogens (primary N) is 1. The number of nitrogens with zero attached hydrogens (tertiary/aromatic N) is 1. The SMILES string of the molecule is NCCCc1[nH]nc(-c2ccc(F)cc2)c1C1=CC(=O)NC1=O. The number of nitrogens with one attached hydrogen (secondary N) is 2. The van der Waals surface area contributed by atoms with Crippen molar-refractivity contribution in [2.24, 2.45) is 5.73 Å². The lowest BCUT2D eigenvalue weighted by Gasteiger charge is -2.06. The van der Waals surface area contributed by atoms with Crippen molar-refractivity contribution in [2.75, 3.05) is 6.54 Å². The first-order valence-electron chi connectivity index (χ1n) is 7.20. The van der Waals surface area contributed by atoms with Gasteiger partial charge >= 0.3 is 0 Å². The van der Waals surface area contributed by atoms with Crippen LogP contribution in [-0.2, 0) is 16.0 Å². The number of aromatic amines is 1. The van der Waals surface area contributed by atoms with E-state index in [1.807, 2.05) is 0 Å². The molecule has 0 saturated carbocycles. The van der Waals surface area contributed by atoms with Crippen molar-refractivity contribution in [2.45, 2.75) is 12.8 Å². The van der Waals surface area contributed by atoms with Crippen LogP contribution in [0.2, 0.25) is 0 Å². The maximum atomic E-state index is 13.1. The van der Waals surface area contributed by atoms with Crippen molar-refractivity contribution in [1.29, 1.82) is 0 Å². The van der Waals surface area contributed by atoms with Crippen molar-refractivity contribution in [3.63, 3.8) is 0 Å². The molecule has 6 nitrogen and oxygen atoms in total. The Labute approximate surface area is 131 Å². The standard InChI is InChI=1S/C16H15FN4O2/c17-10-5-3-9(4-6-10)15-14(11-8-13(22)19-16(11)23)12(20-21-15)2-1-7-18/h3-6,8H,1-2,7,18H2,(H,20,21)(H,19,22,23). The summed E-state index contributed by atoms with van der Waals surface area (Å²) < 4.78 is 13.1. The van der Waals surface area contributed by atoms with Crippen LogP contribution < -0.4 is 11.1 Å². The lowest BCUT2D eigenvalue weighted by Crippen LogP contribution is -2.22. The number of rotatable bonds is 5. The Morgan fingerprint density at radius 1 is 1.17 bits per heavy atom. The molecule has 2 heterocycles. The van der Waals surface area contributed by atoms with E-state index in [0.29, 0.717) is 36.2 Å². The number of aryl methyl sites for hydroxylation is 1. The molecule has 0 atom stereocenters. The Balaban J connectivity index is 2.11. The lowest BCUT2D eigenvalue weighted by atomic mass is 9.97. The van der Waals surface area contributed by atoms with Gasteiger partial charge in [0.15, 0.2) is 0 Å². The van der Waals surface area contributed by atoms with Crippen LogP contribution in [0.15, 0.2) is 30.3 Å². The van der Waals surface area contributed by atoms with Crippen LogP contribution in [0, 0.1) is 5.82 Å². The van der Waals surface area contributed by atoms with Gasteiger partial charge in [0.25, 0.3) is 11.8 Å². The lowest BCUT2D eigenvalue weighted by molar-refractivity contribution is -0.123. The highest BCUT2D eigenvalue weighted by Gasteiger charge is 2.28. The predicted molar refractivity (Wildman–Crippen MR) is 82.5 cm³/mol. The van der Waals surface area contributed by atoms with Crippen molar-refractivity contribution in [1.82, 2.24) is 15.5 Å². The number of hydrogen-bond acceptors (Lipinski definition) is 4. The van der Waals surface area contributed by atoms with Crippen molar-refractivity contribution >= 4 is 17.4 Å². The van der Waals surface area contributed by atoms with Crippen LogP contribution in [0.25, 0.3) is 16.8 Å². The average Bonchev–Trinajstić information content (AvgIpc) is 3.08. The van der Waals surface area contributed by atoms with Crippen LogP contribution in [0.1, 0.15) is 17.7 Å². The van der Waals surface area contributed by atoms with E-state index in [0.717, 1.165) is 5.69 Å². The third-order valence-electron chi connectivity index (χ3n) is 3.62. The fourth-order valence-electron chi connectivity index (χ4n) is 2.54. The van der Waals surface area contributed by atoms with Crippen LogP contribution in [0.5, 0.6) is 0 Å². The zero-order valence-electron chi connectivity index (χ0n) is 12.2. The Kier molecular flexibility index (Phi) is 4.03. The average molecular weight is 314 g/mol. The van der Waals surface area contributed by atoms with Crippen LogP contribution in [0.3, 0.4) is 0 Å². The van der Waals surface area contributed by atoms with Crippen LogP contribution in [-0.4, -0.2) is 28.6 Å². The number of halogens is 1. The summed E-state index contributed by atoms with van der Waals surface area (Å²) in [5.41, 5.74) is 8.25. The Bertz CT molecular complexity index is 793. The molecular weight excluding hydrogens is 299 g/mol. The molecule has 0 spiro atoms. The van der Waals surface area contributed by atoms with Gasteiger partial charge in [-0.05, 0) is 43.7 Å². The van der Waals surface area contributed by atoms with Gasteiger partial charge < -0.3 is 5.73 Å². The van der Waals surface area contributed by atoms with Crippen LogP contribution >= 0.6 is 0 Å². The van der Waals surface area contributed by atoms with Gasteiger partial charge in [-0.2, -0.15) is 5.10 Å². The molecule has 1 aromatic carbocycles. The highest BCUT2D eigenvalue weighted by atomic mass is 19.1. The van der Waals surface area contributed by atoms with Gasteiger partial charge in [0.2, 0.25) is 0 Å². The third kappa shape index (κ3) is 2.91. The van der Waals surface area contributed by atoms with Crippen molar-refractivity contribution in [3.8, 4) is 11.3 Å². The number of hydrogen-bond donors (Lipinski definition) is 3. The molecule has 1 aliphatic heterocycles. The second-order valence-electron chi connectivity index (χ2n) is 5.20. The van der Waals surface area contributed by atoms with Crippen molar-refractivity contribution < 1.29 is 14.0 Å². The second-order valence-corrected chi connectivity index (χ2v) is 5.20. The molecule has 0 unspecified atom stereocenters. The quantitative estimate of drug-likeness (QED) is 0.721. The summed E-state index contributed by atoms with van der Waals surface area (Å²) in [6.45, 7) is 0.495. The summed E-state index contributed by atoms with van der Waals surface area (Å²) in [6.07, 6.45) is 2.56. The number of imide groups is 1. The van der Waals surface area contributed by atoms with E-state index in [4.69, 9.17) is 5.73 Å². The molecule has 7 heteroatoms. The van der Waals surface area contributed by atoms with Crippen LogP contribution in [0.4, 0.5) is 4.39 Å². The number of carbonyl (C=O) groups is 2. The molecule has 0 aliphatic carbocycles. The second kappa shape index (κ2) is 6.13. The molecule has 0 saturated heterocycles. The number of carbonyl (C=O) groups excluding carboxylic acids is 2. The van der Waals surface area contributed by atoms with E-state index >= 15 is 0 Å². The molecular formula is C16H15FN4O2. The molecule has 2 amide bonds. The van der Waals surface area contributed by atoms with Gasteiger partial charge in [0, 0.05) is 22.9 Å². The summed E-state index contributed by atoms with van der Waals surface area (Å²) in [7, 11) is 0. The van der Waals surface area contributed by atoms with E-state index in [-0.39, 0.29) is 11.4 Å². The first-order chi connectivity index (χ1) is 11.1. The zero-order chi connectivity index (χ0) is 16.4. The highest BCUT2D eigenvalue weighted by Crippen LogP contribution is 2.32. The summed E-state index contributed by atoms with van der Waals surface area (Å²) in [5.74, 6) is -1.28. The minimum absolute atomic E-state index is 0.259. The molecule has 1 aromatic heterocycles. The third-order valence-corrected chi connectivity index (χ3v) is 3.62. The molecule has 4 N–H and O–H groups in total. The summed E-state index contributed by atoms with van der Waals surface area (Å²) in [4.78, 5) is 23.5. The normalized spacial score (nSPS) is 14.1. The largest absolute Gasteiger partial charge is 0.330 e. The van der Waals surface area contributed by atoms with E-state index in [1.165, 1.54) is 18.2 Å². The predicted octanol–water partition coefficient (Wildman–Crippen LogP) is 1.15. The highest BCUT2D eigenvalue weighted by molar-refractivity contribution is 6.34. The maximum absolute atomic E-state index is 13.1. The molecule has 0 radical (unpaired) electrons. The Morgan fingerprint density at radius 2 is 1.91 bits per heavy atom. The van der Waals surface area contributed by atoms with Gasteiger partial charge in [0.1, 0.15) is 11.5 Å². The Morgan fingerprint density at radius 3 is 2.52 bits per heavy atom. The molecule has 23 heavy (non-hydrogen) atoms. The van der Waals surface area contributed by atoms with E-state index in [9.17, 15) is 14.0 Å². The smallest absolute Gasteiger partial charge is 0.259 e. The first kappa shape index (κ1) is 15.1. The maximum Gasteiger partial charge on any atom is 0.259 e. The van der Waals surface area contributed by atoms with Gasteiger partial charge in [-0.1, -0.05) is 0 Å². The summed E-state index contributed by atoms with van der Waals surface area (Å²) in [6, 6.07) is 5.80. The number of H-pyrrole nitrogens is 1. The van der Waals surface area contributed by atoms with Gasteiger partial charge in [-0.15, -0.1) is 0 Å². The molecule has 1 aliphatic rings. The van der Waals surface area contributed by atoms with Gasteiger partial charge in [0.05, 0.1) is 5.57 Å². The monoisotopic (exact) mass is 314 g/mol. The Hall–Kier alpha value is -2.80. The topological polar surface area (TPSA) is 101 Å². The molecule has 0 bridgehead atoms. The summed E-state index contributed by atoms with van der Waals surface area (Å²) >= 11 is 0. The van der Waals surface area contributed by atoms with E-state index < -0.39 is 11.8 Å². The molecule has 118 valence electrons. The fraction of sp³-hybridized carbons (Fsp3) is 0.188. The molecule has 0 fully saturated rings. The number of benzene rings is 1. The number of amides is 2. The fourth-order valence-corrected chi connectivity index (χ4v) is 2.54. The minimum atomic E-state index is -0.464. The van der Waals surface area contributed by atoms with Gasteiger partial charge in [-0.3, -0.25) is 20.0 Å². The molecule has 3 rings (SSSR count).